The van der Waals surface area contributed by atoms with Crippen molar-refractivity contribution in [3.8, 4) is 0 Å². The lowest BCUT2D eigenvalue weighted by atomic mass is 10.3. The van der Waals surface area contributed by atoms with Crippen LogP contribution in [0.1, 0.15) is 0 Å². The van der Waals surface area contributed by atoms with Crippen LogP contribution in [0.5, 0.6) is 0 Å². The van der Waals surface area contributed by atoms with Crippen LogP contribution in [0.2, 0.25) is 5.02 Å². The molecule has 0 N–H and O–H groups in total. The van der Waals surface area contributed by atoms with E-state index in [1.54, 1.807) is 0 Å². The van der Waals surface area contributed by atoms with Gasteiger partial charge in [-0.2, -0.15) is 0 Å². The maximum atomic E-state index is 13.2. The first-order chi connectivity index (χ1) is 9.32. The third-order valence-corrected chi connectivity index (χ3v) is 5.72. The minimum absolute atomic E-state index is 0.0699. The molecule has 0 saturated heterocycles. The average Bonchev–Trinajstić information content (AvgIpc) is 2.40. The first-order valence-electron chi connectivity index (χ1n) is 5.52. The molecule has 2 rings (SSSR count). The van der Waals surface area contributed by atoms with E-state index in [0.29, 0.717) is 9.50 Å². The number of benzene rings is 2. The Morgan fingerprint density at radius 2 is 1.90 bits per heavy atom. The molecule has 0 saturated carbocycles. The molecule has 0 aliphatic rings. The van der Waals surface area contributed by atoms with E-state index < -0.39 is 15.8 Å². The Balaban J connectivity index is 2.46. The van der Waals surface area contributed by atoms with Crippen LogP contribution in [0, 0.1) is 5.82 Å². The number of hydrogen-bond donors (Lipinski definition) is 0. The van der Waals surface area contributed by atoms with E-state index in [-0.39, 0.29) is 10.6 Å². The van der Waals surface area contributed by atoms with Crippen LogP contribution < -0.4 is 4.31 Å². The van der Waals surface area contributed by atoms with Gasteiger partial charge < -0.3 is 0 Å². The molecule has 0 atom stereocenters. The predicted molar refractivity (Wildman–Crippen MR) is 81.1 cm³/mol. The Kier molecular flexibility index (Phi) is 4.36. The summed E-state index contributed by atoms with van der Waals surface area (Å²) in [7, 11) is -2.40. The van der Waals surface area contributed by atoms with Gasteiger partial charge in [-0.25, -0.2) is 12.8 Å². The summed E-state index contributed by atoms with van der Waals surface area (Å²) in [4.78, 5) is 0.0699. The first-order valence-corrected chi connectivity index (χ1v) is 8.13. The molecule has 2 aromatic rings. The van der Waals surface area contributed by atoms with Crippen LogP contribution in [-0.2, 0) is 10.0 Å². The molecular formula is C13H10BrClFNO2S. The van der Waals surface area contributed by atoms with Gasteiger partial charge in [-0.15, -0.1) is 0 Å². The van der Waals surface area contributed by atoms with Gasteiger partial charge in [0, 0.05) is 11.5 Å². The van der Waals surface area contributed by atoms with Crippen molar-refractivity contribution < 1.29 is 12.8 Å². The number of nitrogens with zero attached hydrogens (tertiary/aromatic N) is 1. The van der Waals surface area contributed by atoms with Crippen LogP contribution in [-0.4, -0.2) is 15.5 Å². The Labute approximate surface area is 130 Å². The molecule has 0 aliphatic heterocycles. The topological polar surface area (TPSA) is 37.4 Å². The van der Waals surface area contributed by atoms with E-state index in [1.807, 2.05) is 0 Å². The number of sulfonamides is 1. The third-order valence-electron chi connectivity index (χ3n) is 2.72. The van der Waals surface area contributed by atoms with Crippen LogP contribution in [0.4, 0.5) is 10.1 Å². The van der Waals surface area contributed by atoms with Crippen molar-refractivity contribution in [1.82, 2.24) is 0 Å². The summed E-state index contributed by atoms with van der Waals surface area (Å²) in [6, 6.07) is 9.68. The van der Waals surface area contributed by atoms with Crippen molar-refractivity contribution in [3.63, 3.8) is 0 Å². The summed E-state index contributed by atoms with van der Waals surface area (Å²) in [6.07, 6.45) is 0. The molecule has 0 unspecified atom stereocenters. The van der Waals surface area contributed by atoms with Gasteiger partial charge in [0.15, 0.2) is 0 Å². The SMILES string of the molecule is CN(c1cccc(F)c1)S(=O)(=O)c1ccc(Cl)c(Br)c1. The minimum Gasteiger partial charge on any atom is -0.269 e. The molecule has 2 aromatic carbocycles. The molecule has 7 heteroatoms. The van der Waals surface area contributed by atoms with Gasteiger partial charge in [-0.1, -0.05) is 17.7 Å². The second kappa shape index (κ2) is 5.71. The van der Waals surface area contributed by atoms with Gasteiger partial charge in [0.2, 0.25) is 0 Å². The molecule has 0 bridgehead atoms. The lowest BCUT2D eigenvalue weighted by Crippen LogP contribution is -2.26. The molecule has 0 aliphatic carbocycles. The molecule has 0 spiro atoms. The van der Waals surface area contributed by atoms with E-state index in [2.05, 4.69) is 15.9 Å². The van der Waals surface area contributed by atoms with E-state index in [1.165, 1.54) is 43.4 Å². The van der Waals surface area contributed by atoms with Gasteiger partial charge >= 0.3 is 0 Å². The summed E-state index contributed by atoms with van der Waals surface area (Å²) >= 11 is 9.02. The van der Waals surface area contributed by atoms with Gasteiger partial charge in [0.25, 0.3) is 10.0 Å². The maximum Gasteiger partial charge on any atom is 0.264 e. The highest BCUT2D eigenvalue weighted by molar-refractivity contribution is 9.10. The predicted octanol–water partition coefficient (Wildman–Crippen LogP) is 4.07. The van der Waals surface area contributed by atoms with Crippen molar-refractivity contribution in [2.24, 2.45) is 0 Å². The highest BCUT2D eigenvalue weighted by Gasteiger charge is 2.22. The number of halogens is 3. The quantitative estimate of drug-likeness (QED) is 0.807. The first kappa shape index (κ1) is 15.3. The molecule has 106 valence electrons. The largest absolute Gasteiger partial charge is 0.269 e. The fourth-order valence-electron chi connectivity index (χ4n) is 1.61. The normalized spacial score (nSPS) is 11.4. The van der Waals surface area contributed by atoms with Crippen molar-refractivity contribution >= 4 is 43.2 Å². The summed E-state index contributed by atoms with van der Waals surface area (Å²) in [5.74, 6) is -0.498. The monoisotopic (exact) mass is 377 g/mol. The zero-order valence-corrected chi connectivity index (χ0v) is 13.5. The minimum atomic E-state index is -3.77. The lowest BCUT2D eigenvalue weighted by Gasteiger charge is -2.19. The zero-order chi connectivity index (χ0) is 14.9. The molecular weight excluding hydrogens is 369 g/mol. The van der Waals surface area contributed by atoms with Gasteiger partial charge in [-0.3, -0.25) is 4.31 Å². The lowest BCUT2D eigenvalue weighted by molar-refractivity contribution is 0.594. The van der Waals surface area contributed by atoms with E-state index >= 15 is 0 Å². The van der Waals surface area contributed by atoms with Crippen LogP contribution >= 0.6 is 27.5 Å². The number of hydrogen-bond acceptors (Lipinski definition) is 2. The molecule has 0 aromatic heterocycles. The second-order valence-electron chi connectivity index (χ2n) is 4.03. The summed E-state index contributed by atoms with van der Waals surface area (Å²) in [5, 5.41) is 0.414. The molecule has 20 heavy (non-hydrogen) atoms. The Bertz CT molecular complexity index is 752. The molecule has 0 heterocycles. The summed E-state index contributed by atoms with van der Waals surface area (Å²) in [6.45, 7) is 0. The second-order valence-corrected chi connectivity index (χ2v) is 7.26. The summed E-state index contributed by atoms with van der Waals surface area (Å²) in [5.41, 5.74) is 0.246. The molecule has 0 radical (unpaired) electrons. The molecule has 0 amide bonds. The van der Waals surface area contributed by atoms with Gasteiger partial charge in [0.05, 0.1) is 15.6 Å². The highest BCUT2D eigenvalue weighted by atomic mass is 79.9. The van der Waals surface area contributed by atoms with Crippen molar-refractivity contribution in [2.45, 2.75) is 4.90 Å². The zero-order valence-electron chi connectivity index (χ0n) is 10.3. The Morgan fingerprint density at radius 3 is 2.50 bits per heavy atom. The van der Waals surface area contributed by atoms with Gasteiger partial charge in [-0.05, 0) is 52.3 Å². The number of rotatable bonds is 3. The average molecular weight is 379 g/mol. The standard InChI is InChI=1S/C13H10BrClFNO2S/c1-17(10-4-2-3-9(16)7-10)20(18,19)11-5-6-13(15)12(14)8-11/h2-8H,1H3. The Hall–Kier alpha value is -1.11. The van der Waals surface area contributed by atoms with Crippen LogP contribution in [0.25, 0.3) is 0 Å². The van der Waals surface area contributed by atoms with E-state index in [0.717, 1.165) is 10.4 Å². The third kappa shape index (κ3) is 2.97. The van der Waals surface area contributed by atoms with E-state index in [9.17, 15) is 12.8 Å². The van der Waals surface area contributed by atoms with Crippen LogP contribution in [0.3, 0.4) is 0 Å². The fourth-order valence-corrected chi connectivity index (χ4v) is 3.47. The summed E-state index contributed by atoms with van der Waals surface area (Å²) < 4.78 is 39.6. The van der Waals surface area contributed by atoms with Crippen LogP contribution in [0.15, 0.2) is 51.8 Å². The maximum absolute atomic E-state index is 13.2. The van der Waals surface area contributed by atoms with Crippen molar-refractivity contribution in [3.05, 3.63) is 57.8 Å². The van der Waals surface area contributed by atoms with Gasteiger partial charge in [0.1, 0.15) is 5.82 Å². The molecule has 3 nitrogen and oxygen atoms in total. The van der Waals surface area contributed by atoms with Crippen molar-refractivity contribution in [1.29, 1.82) is 0 Å². The van der Waals surface area contributed by atoms with E-state index in [4.69, 9.17) is 11.6 Å². The highest BCUT2D eigenvalue weighted by Crippen LogP contribution is 2.28. The molecule has 0 fully saturated rings. The number of anilines is 1. The van der Waals surface area contributed by atoms with Crippen molar-refractivity contribution in [2.75, 3.05) is 11.4 Å². The Morgan fingerprint density at radius 1 is 1.20 bits per heavy atom. The fraction of sp³-hybridized carbons (Fsp3) is 0.0769. The smallest absolute Gasteiger partial charge is 0.264 e.